The summed E-state index contributed by atoms with van der Waals surface area (Å²) in [6.45, 7) is 2.49. The van der Waals surface area contributed by atoms with Crippen molar-refractivity contribution in [1.82, 2.24) is 15.1 Å². The Bertz CT molecular complexity index is 814. The van der Waals surface area contributed by atoms with Gasteiger partial charge in [-0.25, -0.2) is 0 Å². The minimum Gasteiger partial charge on any atom is -0.467 e. The van der Waals surface area contributed by atoms with Crippen LogP contribution in [0.5, 0.6) is 0 Å². The number of rotatable bonds is 5. The van der Waals surface area contributed by atoms with E-state index in [0.29, 0.717) is 17.9 Å². The molecule has 2 saturated heterocycles. The van der Waals surface area contributed by atoms with Gasteiger partial charge in [-0.05, 0) is 62.8 Å². The van der Waals surface area contributed by atoms with E-state index in [4.69, 9.17) is 4.42 Å². The van der Waals surface area contributed by atoms with Crippen molar-refractivity contribution in [3.05, 3.63) is 59.5 Å². The fraction of sp³-hybridized carbons (Fsp3) is 0.429. The topological polar surface area (TPSA) is 65.8 Å². The van der Waals surface area contributed by atoms with Crippen LogP contribution in [0.4, 0.5) is 0 Å². The lowest BCUT2D eigenvalue weighted by Gasteiger charge is -2.29. The minimum atomic E-state index is -0.0522. The summed E-state index contributed by atoms with van der Waals surface area (Å²) in [5.41, 5.74) is 1.69. The molecule has 0 radical (unpaired) electrons. The lowest BCUT2D eigenvalue weighted by Crippen LogP contribution is -2.43. The molecule has 0 bridgehead atoms. The maximum atomic E-state index is 12.5. The highest BCUT2D eigenvalue weighted by Crippen LogP contribution is 2.39. The predicted molar refractivity (Wildman–Crippen MR) is 109 cm³/mol. The largest absolute Gasteiger partial charge is 0.467 e. The number of carbonyl (C=O) groups is 2. The van der Waals surface area contributed by atoms with Crippen LogP contribution in [0.15, 0.2) is 47.1 Å². The Labute approximate surface area is 169 Å². The molecule has 28 heavy (non-hydrogen) atoms. The molecule has 0 aliphatic carbocycles. The molecule has 7 heteroatoms. The lowest BCUT2D eigenvalue weighted by molar-refractivity contribution is -0.128. The van der Waals surface area contributed by atoms with Gasteiger partial charge in [-0.1, -0.05) is 12.1 Å². The van der Waals surface area contributed by atoms with Crippen LogP contribution in [-0.2, 0) is 11.3 Å². The van der Waals surface area contributed by atoms with E-state index < -0.39 is 0 Å². The summed E-state index contributed by atoms with van der Waals surface area (Å²) in [5.74, 6) is 1.32. The van der Waals surface area contributed by atoms with Crippen LogP contribution in [0.2, 0.25) is 0 Å². The summed E-state index contributed by atoms with van der Waals surface area (Å²) in [4.78, 5) is 29.0. The molecule has 2 fully saturated rings. The number of furan rings is 1. The Morgan fingerprint density at radius 3 is 2.64 bits per heavy atom. The smallest absolute Gasteiger partial charge is 0.251 e. The van der Waals surface area contributed by atoms with Crippen molar-refractivity contribution in [1.29, 1.82) is 0 Å². The standard InChI is InChI=1S/C21H25N3O3S/c1-23-10-8-17(9-11-23)22-20(26)15-4-6-16(7-5-15)21-24(19(25)14-28-21)13-18-3-2-12-27-18/h2-7,12,17,21H,8-11,13-14H2,1H3,(H,22,26). The van der Waals surface area contributed by atoms with E-state index in [0.717, 1.165) is 37.3 Å². The lowest BCUT2D eigenvalue weighted by atomic mass is 10.0. The van der Waals surface area contributed by atoms with Gasteiger partial charge in [0, 0.05) is 11.6 Å². The van der Waals surface area contributed by atoms with Crippen LogP contribution in [-0.4, -0.2) is 53.5 Å². The summed E-state index contributed by atoms with van der Waals surface area (Å²) in [6.07, 6.45) is 3.60. The van der Waals surface area contributed by atoms with Crippen molar-refractivity contribution in [2.24, 2.45) is 0 Å². The Balaban J connectivity index is 1.40. The summed E-state index contributed by atoms with van der Waals surface area (Å²) >= 11 is 1.61. The third-order valence-electron chi connectivity index (χ3n) is 5.39. The minimum absolute atomic E-state index is 0.0244. The van der Waals surface area contributed by atoms with Gasteiger partial charge in [0.25, 0.3) is 5.91 Å². The third kappa shape index (κ3) is 4.25. The molecule has 2 aliphatic heterocycles. The fourth-order valence-corrected chi connectivity index (χ4v) is 4.88. The molecular weight excluding hydrogens is 374 g/mol. The van der Waals surface area contributed by atoms with Gasteiger partial charge in [-0.2, -0.15) is 0 Å². The highest BCUT2D eigenvalue weighted by atomic mass is 32.2. The molecule has 0 saturated carbocycles. The van der Waals surface area contributed by atoms with Crippen molar-refractivity contribution in [2.75, 3.05) is 25.9 Å². The normalized spacial score (nSPS) is 21.2. The zero-order valence-corrected chi connectivity index (χ0v) is 16.8. The second kappa shape index (κ2) is 8.41. The predicted octanol–water partition coefficient (Wildman–Crippen LogP) is 2.88. The first kappa shape index (κ1) is 19.1. The SMILES string of the molecule is CN1CCC(NC(=O)c2ccc(C3SCC(=O)N3Cc3ccco3)cc2)CC1. The van der Waals surface area contributed by atoms with E-state index in [-0.39, 0.29) is 23.2 Å². The molecule has 148 valence electrons. The first-order valence-electron chi connectivity index (χ1n) is 9.63. The van der Waals surface area contributed by atoms with Crippen LogP contribution in [0.3, 0.4) is 0 Å². The summed E-state index contributed by atoms with van der Waals surface area (Å²) < 4.78 is 5.40. The van der Waals surface area contributed by atoms with Crippen LogP contribution in [0.25, 0.3) is 0 Å². The summed E-state index contributed by atoms with van der Waals surface area (Å²) in [5, 5.41) is 3.09. The maximum absolute atomic E-state index is 12.5. The van der Waals surface area contributed by atoms with Gasteiger partial charge in [0.2, 0.25) is 5.91 Å². The third-order valence-corrected chi connectivity index (χ3v) is 6.64. The molecule has 2 aromatic rings. The average molecular weight is 400 g/mol. The molecule has 1 aromatic heterocycles. The quantitative estimate of drug-likeness (QED) is 0.838. The van der Waals surface area contributed by atoms with Gasteiger partial charge in [-0.3, -0.25) is 9.59 Å². The van der Waals surface area contributed by atoms with Crippen molar-refractivity contribution in [2.45, 2.75) is 30.8 Å². The van der Waals surface area contributed by atoms with Crippen LogP contribution in [0, 0.1) is 0 Å². The molecule has 0 spiro atoms. The van der Waals surface area contributed by atoms with E-state index in [1.165, 1.54) is 0 Å². The zero-order valence-electron chi connectivity index (χ0n) is 16.0. The van der Waals surface area contributed by atoms with Crippen molar-refractivity contribution < 1.29 is 14.0 Å². The number of carbonyl (C=O) groups excluding carboxylic acids is 2. The highest BCUT2D eigenvalue weighted by molar-refractivity contribution is 8.00. The van der Waals surface area contributed by atoms with Crippen molar-refractivity contribution in [3.8, 4) is 0 Å². The van der Waals surface area contributed by atoms with Gasteiger partial charge >= 0.3 is 0 Å². The Morgan fingerprint density at radius 2 is 1.96 bits per heavy atom. The summed E-state index contributed by atoms with van der Waals surface area (Å²) in [7, 11) is 2.11. The van der Waals surface area contributed by atoms with E-state index in [9.17, 15) is 9.59 Å². The number of benzene rings is 1. The van der Waals surface area contributed by atoms with Crippen LogP contribution < -0.4 is 5.32 Å². The van der Waals surface area contributed by atoms with Gasteiger partial charge in [0.15, 0.2) is 0 Å². The Kier molecular flexibility index (Phi) is 5.73. The number of thioether (sulfide) groups is 1. The van der Waals surface area contributed by atoms with Gasteiger partial charge < -0.3 is 19.5 Å². The monoisotopic (exact) mass is 399 g/mol. The van der Waals surface area contributed by atoms with E-state index in [1.807, 2.05) is 41.3 Å². The second-order valence-corrected chi connectivity index (χ2v) is 8.51. The van der Waals surface area contributed by atoms with Crippen molar-refractivity contribution >= 4 is 23.6 Å². The molecule has 1 N–H and O–H groups in total. The van der Waals surface area contributed by atoms with E-state index >= 15 is 0 Å². The molecule has 2 amide bonds. The number of likely N-dealkylation sites (tertiary alicyclic amines) is 1. The van der Waals surface area contributed by atoms with Crippen molar-refractivity contribution in [3.63, 3.8) is 0 Å². The molecule has 1 aromatic carbocycles. The van der Waals surface area contributed by atoms with Crippen LogP contribution in [0.1, 0.15) is 39.9 Å². The van der Waals surface area contributed by atoms with Crippen LogP contribution >= 0.6 is 11.8 Å². The number of amides is 2. The Hall–Kier alpha value is -2.25. The number of nitrogens with one attached hydrogen (secondary N) is 1. The zero-order chi connectivity index (χ0) is 19.5. The molecule has 1 atom stereocenters. The summed E-state index contributed by atoms with van der Waals surface area (Å²) in [6, 6.07) is 11.6. The molecule has 6 nitrogen and oxygen atoms in total. The maximum Gasteiger partial charge on any atom is 0.251 e. The number of piperidine rings is 1. The molecule has 2 aliphatic rings. The van der Waals surface area contributed by atoms with Gasteiger partial charge in [-0.15, -0.1) is 11.8 Å². The first-order valence-corrected chi connectivity index (χ1v) is 10.7. The van der Waals surface area contributed by atoms with Gasteiger partial charge in [0.05, 0.1) is 18.6 Å². The highest BCUT2D eigenvalue weighted by Gasteiger charge is 2.33. The fourth-order valence-electron chi connectivity index (χ4n) is 3.69. The van der Waals surface area contributed by atoms with E-state index in [1.54, 1.807) is 18.0 Å². The number of hydrogen-bond acceptors (Lipinski definition) is 5. The molecular formula is C21H25N3O3S. The van der Waals surface area contributed by atoms with E-state index in [2.05, 4.69) is 17.3 Å². The second-order valence-electron chi connectivity index (χ2n) is 7.44. The number of hydrogen-bond donors (Lipinski definition) is 1. The Morgan fingerprint density at radius 1 is 1.21 bits per heavy atom. The molecule has 3 heterocycles. The number of nitrogens with zero attached hydrogens (tertiary/aromatic N) is 2. The average Bonchev–Trinajstić information content (AvgIpc) is 3.35. The molecule has 1 unspecified atom stereocenters. The first-order chi connectivity index (χ1) is 13.6. The van der Waals surface area contributed by atoms with Gasteiger partial charge in [0.1, 0.15) is 11.1 Å². The molecule has 4 rings (SSSR count).